The fourth-order valence-electron chi connectivity index (χ4n) is 2.34. The van der Waals surface area contributed by atoms with Gasteiger partial charge in [0.25, 0.3) is 0 Å². The monoisotopic (exact) mass is 281 g/mol. The van der Waals surface area contributed by atoms with E-state index in [2.05, 4.69) is 0 Å². The zero-order valence-corrected chi connectivity index (χ0v) is 11.6. The predicted octanol–water partition coefficient (Wildman–Crippen LogP) is 1.25. The lowest BCUT2D eigenvalue weighted by Crippen LogP contribution is -2.46. The molecular weight excluding hydrogens is 262 g/mol. The maximum Gasteiger partial charge on any atom is 0.334 e. The van der Waals surface area contributed by atoms with Gasteiger partial charge in [0.2, 0.25) is 0 Å². The molecule has 0 aromatic heterocycles. The number of hydrogen-bond acceptors (Lipinski definition) is 5. The van der Waals surface area contributed by atoms with Crippen molar-refractivity contribution in [1.29, 1.82) is 0 Å². The van der Waals surface area contributed by atoms with Crippen LogP contribution < -0.4 is 4.74 Å². The summed E-state index contributed by atoms with van der Waals surface area (Å²) in [4.78, 5) is 13.0. The molecule has 110 valence electrons. The molecule has 20 heavy (non-hydrogen) atoms. The van der Waals surface area contributed by atoms with E-state index in [1.54, 1.807) is 12.1 Å². The zero-order chi connectivity index (χ0) is 14.7. The summed E-state index contributed by atoms with van der Waals surface area (Å²) in [6.07, 6.45) is -0.787. The molecule has 1 aromatic rings. The quantitative estimate of drug-likeness (QED) is 0.864. The second kappa shape index (κ2) is 6.11. The average molecular weight is 281 g/mol. The van der Waals surface area contributed by atoms with Crippen molar-refractivity contribution in [3.63, 3.8) is 0 Å². The summed E-state index contributed by atoms with van der Waals surface area (Å²) in [6.45, 7) is 3.42. The Hall–Kier alpha value is -1.79. The number of carboxylic acids is 1. The Morgan fingerprint density at radius 2 is 2.30 bits per heavy atom. The molecule has 0 amide bonds. The van der Waals surface area contributed by atoms with Crippen molar-refractivity contribution >= 4 is 5.97 Å². The van der Waals surface area contributed by atoms with Crippen LogP contribution in [0.3, 0.4) is 0 Å². The van der Waals surface area contributed by atoms with Crippen molar-refractivity contribution in [2.45, 2.75) is 19.1 Å². The molecule has 1 aliphatic heterocycles. The van der Waals surface area contributed by atoms with Crippen LogP contribution in [0.4, 0.5) is 0 Å². The van der Waals surface area contributed by atoms with Gasteiger partial charge in [0.1, 0.15) is 0 Å². The molecular formula is C14H19NO5. The normalized spacial score (nSPS) is 21.4. The molecule has 2 atom stereocenters. The van der Waals surface area contributed by atoms with E-state index in [1.807, 2.05) is 17.9 Å². The predicted molar refractivity (Wildman–Crippen MR) is 72.0 cm³/mol. The van der Waals surface area contributed by atoms with Crippen molar-refractivity contribution in [2.75, 3.05) is 26.8 Å². The van der Waals surface area contributed by atoms with E-state index in [0.29, 0.717) is 25.4 Å². The fourth-order valence-corrected chi connectivity index (χ4v) is 2.34. The Morgan fingerprint density at radius 3 is 2.95 bits per heavy atom. The van der Waals surface area contributed by atoms with Crippen molar-refractivity contribution in [1.82, 2.24) is 4.90 Å². The number of rotatable bonds is 4. The minimum atomic E-state index is -0.940. The van der Waals surface area contributed by atoms with Gasteiger partial charge >= 0.3 is 5.97 Å². The molecule has 1 aliphatic rings. The van der Waals surface area contributed by atoms with Crippen molar-refractivity contribution < 1.29 is 24.5 Å². The number of nitrogens with zero attached hydrogens (tertiary/aromatic N) is 1. The topological polar surface area (TPSA) is 79.2 Å². The number of carbonyl (C=O) groups is 1. The first-order valence-electron chi connectivity index (χ1n) is 6.48. The molecule has 2 unspecified atom stereocenters. The first kappa shape index (κ1) is 14.6. The van der Waals surface area contributed by atoms with Gasteiger partial charge in [-0.25, -0.2) is 4.79 Å². The van der Waals surface area contributed by atoms with Crippen LogP contribution in [0.25, 0.3) is 0 Å². The SMILES string of the molecule is COc1cc(C(C)N2CCOC(C(=O)O)C2)ccc1O. The van der Waals surface area contributed by atoms with Crippen LogP contribution in [0.1, 0.15) is 18.5 Å². The lowest BCUT2D eigenvalue weighted by Gasteiger charge is -2.35. The number of methoxy groups -OCH3 is 1. The number of benzene rings is 1. The Morgan fingerprint density at radius 1 is 1.55 bits per heavy atom. The molecule has 0 saturated carbocycles. The Kier molecular flexibility index (Phi) is 4.46. The number of morpholine rings is 1. The molecule has 0 bridgehead atoms. The summed E-state index contributed by atoms with van der Waals surface area (Å²) in [6, 6.07) is 5.19. The zero-order valence-electron chi connectivity index (χ0n) is 11.6. The van der Waals surface area contributed by atoms with Crippen molar-refractivity contribution in [2.24, 2.45) is 0 Å². The van der Waals surface area contributed by atoms with Crippen molar-refractivity contribution in [3.8, 4) is 11.5 Å². The number of aliphatic carboxylic acids is 1. The second-order valence-electron chi connectivity index (χ2n) is 4.80. The standard InChI is InChI=1S/C14H19NO5/c1-9(10-3-4-11(16)12(7-10)19-2)15-5-6-20-13(8-15)14(17)18/h3-4,7,9,13,16H,5-6,8H2,1-2H3,(H,17,18). The summed E-state index contributed by atoms with van der Waals surface area (Å²) in [7, 11) is 1.50. The van der Waals surface area contributed by atoms with Crippen LogP contribution in [-0.2, 0) is 9.53 Å². The first-order valence-corrected chi connectivity index (χ1v) is 6.48. The largest absolute Gasteiger partial charge is 0.504 e. The number of carboxylic acid groups (broad SMARTS) is 1. The summed E-state index contributed by atoms with van der Waals surface area (Å²) in [5.41, 5.74) is 0.964. The van der Waals surface area contributed by atoms with Crippen LogP contribution in [-0.4, -0.2) is 54.0 Å². The highest BCUT2D eigenvalue weighted by Gasteiger charge is 2.29. The number of ether oxygens (including phenoxy) is 2. The molecule has 1 heterocycles. The van der Waals surface area contributed by atoms with Crippen LogP contribution in [0.5, 0.6) is 11.5 Å². The summed E-state index contributed by atoms with van der Waals surface area (Å²) < 4.78 is 10.3. The minimum absolute atomic E-state index is 0.0234. The smallest absolute Gasteiger partial charge is 0.334 e. The summed E-state index contributed by atoms with van der Waals surface area (Å²) >= 11 is 0. The van der Waals surface area contributed by atoms with Gasteiger partial charge < -0.3 is 19.7 Å². The number of hydrogen-bond donors (Lipinski definition) is 2. The molecule has 6 nitrogen and oxygen atoms in total. The highest BCUT2D eigenvalue weighted by Crippen LogP contribution is 2.31. The number of phenolic OH excluding ortho intramolecular Hbond substituents is 1. The molecule has 0 spiro atoms. The number of phenols is 1. The molecule has 6 heteroatoms. The Balaban J connectivity index is 2.14. The third-order valence-corrected chi connectivity index (χ3v) is 3.61. The van der Waals surface area contributed by atoms with E-state index >= 15 is 0 Å². The van der Waals surface area contributed by atoms with E-state index in [9.17, 15) is 9.90 Å². The summed E-state index contributed by atoms with van der Waals surface area (Å²) in [5.74, 6) is -0.434. The van der Waals surface area contributed by atoms with Gasteiger partial charge in [-0.05, 0) is 24.6 Å². The van der Waals surface area contributed by atoms with Crippen LogP contribution in [0.2, 0.25) is 0 Å². The van der Waals surface area contributed by atoms with Gasteiger partial charge in [-0.1, -0.05) is 6.07 Å². The Bertz CT molecular complexity index is 490. The molecule has 2 rings (SSSR count). The average Bonchev–Trinajstić information content (AvgIpc) is 2.47. The van der Waals surface area contributed by atoms with Gasteiger partial charge in [-0.2, -0.15) is 0 Å². The van der Waals surface area contributed by atoms with Gasteiger partial charge in [0.05, 0.1) is 13.7 Å². The molecule has 0 aliphatic carbocycles. The highest BCUT2D eigenvalue weighted by molar-refractivity contribution is 5.72. The van der Waals surface area contributed by atoms with Gasteiger partial charge in [-0.3, -0.25) is 4.90 Å². The van der Waals surface area contributed by atoms with Gasteiger partial charge in [-0.15, -0.1) is 0 Å². The van der Waals surface area contributed by atoms with Crippen LogP contribution in [0, 0.1) is 0 Å². The maximum absolute atomic E-state index is 11.0. The highest BCUT2D eigenvalue weighted by atomic mass is 16.5. The van der Waals surface area contributed by atoms with Gasteiger partial charge in [0, 0.05) is 19.1 Å². The van der Waals surface area contributed by atoms with E-state index < -0.39 is 12.1 Å². The molecule has 1 saturated heterocycles. The third kappa shape index (κ3) is 3.02. The summed E-state index contributed by atoms with van der Waals surface area (Å²) in [5, 5.41) is 18.6. The molecule has 1 aromatic carbocycles. The fraction of sp³-hybridized carbons (Fsp3) is 0.500. The van der Waals surface area contributed by atoms with Gasteiger partial charge in [0.15, 0.2) is 17.6 Å². The lowest BCUT2D eigenvalue weighted by atomic mass is 10.0. The Labute approximate surface area is 117 Å². The van der Waals surface area contributed by atoms with Crippen LogP contribution in [0.15, 0.2) is 18.2 Å². The van der Waals surface area contributed by atoms with Crippen molar-refractivity contribution in [3.05, 3.63) is 23.8 Å². The number of aromatic hydroxyl groups is 1. The second-order valence-corrected chi connectivity index (χ2v) is 4.80. The molecule has 2 N–H and O–H groups in total. The third-order valence-electron chi connectivity index (χ3n) is 3.61. The van der Waals surface area contributed by atoms with E-state index in [-0.39, 0.29) is 11.8 Å². The minimum Gasteiger partial charge on any atom is -0.504 e. The lowest BCUT2D eigenvalue weighted by molar-refractivity contribution is -0.157. The molecule has 1 fully saturated rings. The van der Waals surface area contributed by atoms with E-state index in [0.717, 1.165) is 5.56 Å². The first-order chi connectivity index (χ1) is 9.52. The van der Waals surface area contributed by atoms with E-state index in [1.165, 1.54) is 7.11 Å². The van der Waals surface area contributed by atoms with E-state index in [4.69, 9.17) is 14.6 Å². The molecule has 0 radical (unpaired) electrons. The van der Waals surface area contributed by atoms with Crippen LogP contribution >= 0.6 is 0 Å². The maximum atomic E-state index is 11.0.